The maximum Gasteiger partial charge on any atom is 0.413 e. The first-order chi connectivity index (χ1) is 8.47. The van der Waals surface area contributed by atoms with E-state index in [0.29, 0.717) is 12.6 Å². The van der Waals surface area contributed by atoms with Crippen LogP contribution in [0.15, 0.2) is 24.3 Å². The average Bonchev–Trinajstić information content (AvgIpc) is 2.37. The Labute approximate surface area is 109 Å². The minimum absolute atomic E-state index is 0.306. The zero-order valence-electron chi connectivity index (χ0n) is 11.8. The fourth-order valence-corrected chi connectivity index (χ4v) is 1.62. The molecule has 1 aromatic rings. The van der Waals surface area contributed by atoms with Crippen LogP contribution in [0.4, 0.5) is 10.5 Å². The number of carbonyl (C=O) groups excluding carboxylic acids is 1. The molecule has 0 saturated carbocycles. The van der Waals surface area contributed by atoms with E-state index in [4.69, 9.17) is 4.74 Å². The monoisotopic (exact) mass is 250 g/mol. The van der Waals surface area contributed by atoms with Gasteiger partial charge in [0.1, 0.15) is 0 Å². The van der Waals surface area contributed by atoms with Crippen LogP contribution in [0.5, 0.6) is 0 Å². The molecule has 100 valence electrons. The van der Waals surface area contributed by atoms with Gasteiger partial charge in [-0.3, -0.25) is 4.90 Å². The summed E-state index contributed by atoms with van der Waals surface area (Å²) in [6, 6.07) is 8.25. The van der Waals surface area contributed by atoms with E-state index in [1.807, 2.05) is 32.3 Å². The van der Waals surface area contributed by atoms with E-state index >= 15 is 0 Å². The number of anilines is 1. The largest absolute Gasteiger partial charge is 0.449 e. The molecule has 0 fully saturated rings. The summed E-state index contributed by atoms with van der Waals surface area (Å²) in [5.74, 6) is 0. The van der Waals surface area contributed by atoms with Crippen LogP contribution in [0.1, 0.15) is 25.5 Å². The molecule has 0 aliphatic rings. The maximum atomic E-state index is 11.7. The van der Waals surface area contributed by atoms with Crippen LogP contribution in [0.2, 0.25) is 0 Å². The molecule has 0 radical (unpaired) electrons. The van der Waals surface area contributed by atoms with Crippen LogP contribution >= 0.6 is 0 Å². The van der Waals surface area contributed by atoms with Crippen molar-refractivity contribution in [3.8, 4) is 0 Å². The highest BCUT2D eigenvalue weighted by molar-refractivity contribution is 5.87. The Hall–Kier alpha value is -1.55. The molecular formula is C14H22N2O2. The SMILES string of the molecule is CCOC(=O)N(C)c1cccc(C(C)N(C)C)c1. The molecule has 1 rings (SSSR count). The highest BCUT2D eigenvalue weighted by Crippen LogP contribution is 2.22. The average molecular weight is 250 g/mol. The van der Waals surface area contributed by atoms with Crippen molar-refractivity contribution in [2.75, 3.05) is 32.6 Å². The Morgan fingerprint density at radius 2 is 2.00 bits per heavy atom. The lowest BCUT2D eigenvalue weighted by atomic mass is 10.1. The minimum Gasteiger partial charge on any atom is -0.449 e. The molecular weight excluding hydrogens is 228 g/mol. The molecule has 0 heterocycles. The Morgan fingerprint density at radius 3 is 2.56 bits per heavy atom. The van der Waals surface area contributed by atoms with Crippen LogP contribution in [0, 0.1) is 0 Å². The predicted octanol–water partition coefficient (Wildman–Crippen LogP) is 2.90. The molecule has 4 heteroatoms. The fourth-order valence-electron chi connectivity index (χ4n) is 1.62. The second-order valence-electron chi connectivity index (χ2n) is 4.49. The molecule has 0 aliphatic carbocycles. The van der Waals surface area contributed by atoms with Crippen LogP contribution in [-0.2, 0) is 4.74 Å². The Kier molecular flexibility index (Phi) is 5.16. The number of benzene rings is 1. The van der Waals surface area contributed by atoms with Crippen LogP contribution in [0.3, 0.4) is 0 Å². The highest BCUT2D eigenvalue weighted by Gasteiger charge is 2.14. The maximum absolute atomic E-state index is 11.7. The third-order valence-electron chi connectivity index (χ3n) is 3.06. The third kappa shape index (κ3) is 3.47. The van der Waals surface area contributed by atoms with Crippen molar-refractivity contribution in [2.24, 2.45) is 0 Å². The molecule has 0 aromatic heterocycles. The van der Waals surface area contributed by atoms with E-state index < -0.39 is 0 Å². The van der Waals surface area contributed by atoms with Gasteiger partial charge >= 0.3 is 6.09 Å². The first-order valence-corrected chi connectivity index (χ1v) is 6.14. The molecule has 0 N–H and O–H groups in total. The quantitative estimate of drug-likeness (QED) is 0.823. The van der Waals surface area contributed by atoms with E-state index in [2.05, 4.69) is 17.9 Å². The number of nitrogens with zero attached hydrogens (tertiary/aromatic N) is 2. The van der Waals surface area contributed by atoms with E-state index in [1.54, 1.807) is 14.0 Å². The summed E-state index contributed by atoms with van der Waals surface area (Å²) in [6.07, 6.45) is -0.327. The molecule has 0 spiro atoms. The number of hydrogen-bond donors (Lipinski definition) is 0. The molecule has 4 nitrogen and oxygen atoms in total. The normalized spacial score (nSPS) is 12.3. The molecule has 0 aliphatic heterocycles. The van der Waals surface area contributed by atoms with Gasteiger partial charge in [-0.2, -0.15) is 0 Å². The number of rotatable bonds is 4. The zero-order chi connectivity index (χ0) is 13.7. The van der Waals surface area contributed by atoms with Crippen molar-refractivity contribution >= 4 is 11.8 Å². The molecule has 1 amide bonds. The van der Waals surface area contributed by atoms with Gasteiger partial charge in [0, 0.05) is 18.8 Å². The number of amides is 1. The van der Waals surface area contributed by atoms with Crippen molar-refractivity contribution in [3.63, 3.8) is 0 Å². The number of ether oxygens (including phenoxy) is 1. The second kappa shape index (κ2) is 6.40. The van der Waals surface area contributed by atoms with Crippen LogP contribution in [0.25, 0.3) is 0 Å². The summed E-state index contributed by atoms with van der Waals surface area (Å²) in [4.78, 5) is 15.3. The summed E-state index contributed by atoms with van der Waals surface area (Å²) in [6.45, 7) is 4.32. The Balaban J connectivity index is 2.91. The lowest BCUT2D eigenvalue weighted by Crippen LogP contribution is -2.27. The lowest BCUT2D eigenvalue weighted by Gasteiger charge is -2.22. The van der Waals surface area contributed by atoms with Gasteiger partial charge in [-0.1, -0.05) is 12.1 Å². The minimum atomic E-state index is -0.327. The first kappa shape index (κ1) is 14.5. The van der Waals surface area contributed by atoms with Gasteiger partial charge in [0.15, 0.2) is 0 Å². The van der Waals surface area contributed by atoms with Gasteiger partial charge in [0.05, 0.1) is 6.61 Å². The van der Waals surface area contributed by atoms with Crippen molar-refractivity contribution < 1.29 is 9.53 Å². The summed E-state index contributed by atoms with van der Waals surface area (Å²) < 4.78 is 4.98. The predicted molar refractivity (Wildman–Crippen MR) is 74.0 cm³/mol. The Morgan fingerprint density at radius 1 is 1.33 bits per heavy atom. The number of hydrogen-bond acceptors (Lipinski definition) is 3. The Bertz CT molecular complexity index is 405. The van der Waals surface area contributed by atoms with E-state index in [1.165, 1.54) is 10.5 Å². The topological polar surface area (TPSA) is 32.8 Å². The van der Waals surface area contributed by atoms with Gasteiger partial charge in [0.25, 0.3) is 0 Å². The second-order valence-corrected chi connectivity index (χ2v) is 4.49. The van der Waals surface area contributed by atoms with Crippen molar-refractivity contribution in [3.05, 3.63) is 29.8 Å². The van der Waals surface area contributed by atoms with Crippen molar-refractivity contribution in [2.45, 2.75) is 19.9 Å². The number of carbonyl (C=O) groups is 1. The van der Waals surface area contributed by atoms with Gasteiger partial charge in [0.2, 0.25) is 0 Å². The fraction of sp³-hybridized carbons (Fsp3) is 0.500. The van der Waals surface area contributed by atoms with Crippen molar-refractivity contribution in [1.29, 1.82) is 0 Å². The van der Waals surface area contributed by atoms with Gasteiger partial charge in [-0.15, -0.1) is 0 Å². The summed E-state index contributed by atoms with van der Waals surface area (Å²) in [5, 5.41) is 0. The zero-order valence-corrected chi connectivity index (χ0v) is 11.8. The van der Waals surface area contributed by atoms with Crippen LogP contribution in [-0.4, -0.2) is 38.7 Å². The first-order valence-electron chi connectivity index (χ1n) is 6.14. The highest BCUT2D eigenvalue weighted by atomic mass is 16.6. The van der Waals surface area contributed by atoms with E-state index in [9.17, 15) is 4.79 Å². The molecule has 18 heavy (non-hydrogen) atoms. The smallest absolute Gasteiger partial charge is 0.413 e. The lowest BCUT2D eigenvalue weighted by molar-refractivity contribution is 0.161. The summed E-state index contributed by atoms with van der Waals surface area (Å²) >= 11 is 0. The van der Waals surface area contributed by atoms with E-state index in [-0.39, 0.29) is 6.09 Å². The third-order valence-corrected chi connectivity index (χ3v) is 3.06. The van der Waals surface area contributed by atoms with Gasteiger partial charge in [-0.05, 0) is 45.6 Å². The van der Waals surface area contributed by atoms with Gasteiger partial charge in [-0.25, -0.2) is 4.79 Å². The molecule has 0 saturated heterocycles. The molecule has 1 atom stereocenters. The van der Waals surface area contributed by atoms with Crippen LogP contribution < -0.4 is 4.90 Å². The molecule has 1 unspecified atom stereocenters. The standard InChI is InChI=1S/C14H22N2O2/c1-6-18-14(17)16(5)13-9-7-8-12(10-13)11(2)15(3)4/h7-11H,6H2,1-5H3. The summed E-state index contributed by atoms with van der Waals surface area (Å²) in [5.41, 5.74) is 2.02. The molecule has 0 bridgehead atoms. The van der Waals surface area contributed by atoms with Gasteiger partial charge < -0.3 is 9.64 Å². The molecule has 1 aromatic carbocycles. The summed E-state index contributed by atoms with van der Waals surface area (Å²) in [7, 11) is 5.79. The van der Waals surface area contributed by atoms with Crippen molar-refractivity contribution in [1.82, 2.24) is 4.90 Å². The van der Waals surface area contributed by atoms with E-state index in [0.717, 1.165) is 5.69 Å².